The molecule has 0 unspecified atom stereocenters. The minimum atomic E-state index is -0.278. The van der Waals surface area contributed by atoms with Crippen LogP contribution in [0.2, 0.25) is 0 Å². The average Bonchev–Trinajstić information content (AvgIpc) is 3.44. The van der Waals surface area contributed by atoms with Crippen molar-refractivity contribution in [1.29, 1.82) is 0 Å². The van der Waals surface area contributed by atoms with Gasteiger partial charge in [-0.05, 0) is 42.7 Å². The fraction of sp³-hybridized carbons (Fsp3) is 0.292. The largest absolute Gasteiger partial charge is 0.359 e. The van der Waals surface area contributed by atoms with Crippen molar-refractivity contribution in [2.24, 2.45) is 0 Å². The first-order valence-electron chi connectivity index (χ1n) is 10.5. The fourth-order valence-corrected chi connectivity index (χ4v) is 3.21. The van der Waals surface area contributed by atoms with Gasteiger partial charge < -0.3 is 9.84 Å². The van der Waals surface area contributed by atoms with Crippen molar-refractivity contribution in [1.82, 2.24) is 25.1 Å². The molecule has 0 radical (unpaired) electrons. The van der Waals surface area contributed by atoms with Crippen molar-refractivity contribution in [2.45, 2.75) is 46.5 Å². The normalized spacial score (nSPS) is 11.5. The standard InChI is InChI=1S/C24H26N6O2/c1-6-16-9-18(13-25-12-16)19-14-30(29-27-19)20-10-17(8-7-15(20)2)23(31)26-22-11-21(32-28-22)24(3,4)5/h7-14H,6H2,1-5H3,(H,26,28,31). The molecule has 0 aliphatic rings. The maximum absolute atomic E-state index is 12.8. The van der Waals surface area contributed by atoms with Crippen molar-refractivity contribution in [3.8, 4) is 16.9 Å². The third kappa shape index (κ3) is 4.44. The van der Waals surface area contributed by atoms with Gasteiger partial charge in [0.05, 0.1) is 11.9 Å². The number of hydrogen-bond acceptors (Lipinski definition) is 6. The summed E-state index contributed by atoms with van der Waals surface area (Å²) in [6.45, 7) is 10.1. The second-order valence-corrected chi connectivity index (χ2v) is 8.77. The Morgan fingerprint density at radius 1 is 1.16 bits per heavy atom. The van der Waals surface area contributed by atoms with E-state index in [0.717, 1.165) is 34.5 Å². The second-order valence-electron chi connectivity index (χ2n) is 8.77. The molecule has 0 aliphatic heterocycles. The van der Waals surface area contributed by atoms with E-state index in [4.69, 9.17) is 4.52 Å². The van der Waals surface area contributed by atoms with Crippen molar-refractivity contribution >= 4 is 11.7 Å². The van der Waals surface area contributed by atoms with Gasteiger partial charge in [0.1, 0.15) is 11.5 Å². The predicted octanol–water partition coefficient (Wildman–Crippen LogP) is 4.74. The molecular weight excluding hydrogens is 404 g/mol. The van der Waals surface area contributed by atoms with Crippen LogP contribution in [-0.2, 0) is 11.8 Å². The number of anilines is 1. The van der Waals surface area contributed by atoms with E-state index in [1.807, 2.05) is 46.2 Å². The molecule has 1 N–H and O–H groups in total. The van der Waals surface area contributed by atoms with Gasteiger partial charge in [-0.25, -0.2) is 4.68 Å². The topological polar surface area (TPSA) is 98.7 Å². The quantitative estimate of drug-likeness (QED) is 0.491. The number of nitrogens with zero attached hydrogens (tertiary/aromatic N) is 5. The first kappa shape index (κ1) is 21.4. The molecule has 1 aromatic carbocycles. The third-order valence-corrected chi connectivity index (χ3v) is 5.20. The molecule has 3 aromatic heterocycles. The number of carbonyl (C=O) groups excluding carboxylic acids is 1. The van der Waals surface area contributed by atoms with Crippen LogP contribution in [0, 0.1) is 6.92 Å². The van der Waals surface area contributed by atoms with Gasteiger partial charge in [0.25, 0.3) is 5.91 Å². The number of aryl methyl sites for hydroxylation is 2. The molecule has 8 heteroatoms. The molecule has 4 rings (SSSR count). The summed E-state index contributed by atoms with van der Waals surface area (Å²) in [4.78, 5) is 17.1. The van der Waals surface area contributed by atoms with Crippen LogP contribution < -0.4 is 5.32 Å². The van der Waals surface area contributed by atoms with Crippen LogP contribution in [0.25, 0.3) is 16.9 Å². The smallest absolute Gasteiger partial charge is 0.256 e. The van der Waals surface area contributed by atoms with Crippen LogP contribution >= 0.6 is 0 Å². The zero-order valence-electron chi connectivity index (χ0n) is 18.9. The molecule has 3 heterocycles. The number of amides is 1. The molecule has 8 nitrogen and oxygen atoms in total. The Balaban J connectivity index is 1.58. The minimum absolute atomic E-state index is 0.191. The lowest BCUT2D eigenvalue weighted by atomic mass is 9.93. The van der Waals surface area contributed by atoms with Crippen LogP contribution in [0.4, 0.5) is 5.82 Å². The summed E-state index contributed by atoms with van der Waals surface area (Å²) in [5.74, 6) is 0.808. The van der Waals surface area contributed by atoms with Gasteiger partial charge >= 0.3 is 0 Å². The zero-order chi connectivity index (χ0) is 22.9. The lowest BCUT2D eigenvalue weighted by Gasteiger charge is -2.12. The van der Waals surface area contributed by atoms with E-state index in [1.54, 1.807) is 29.1 Å². The first-order chi connectivity index (χ1) is 15.2. The molecule has 4 aromatic rings. The van der Waals surface area contributed by atoms with Gasteiger partial charge in [0.2, 0.25) is 0 Å². The molecule has 1 amide bonds. The second kappa shape index (κ2) is 8.37. The summed E-state index contributed by atoms with van der Waals surface area (Å²) in [6, 6.07) is 9.24. The van der Waals surface area contributed by atoms with Crippen molar-refractivity contribution < 1.29 is 9.32 Å². The number of aromatic nitrogens is 5. The van der Waals surface area contributed by atoms with Crippen molar-refractivity contribution in [2.75, 3.05) is 5.32 Å². The number of benzene rings is 1. The van der Waals surface area contributed by atoms with Crippen LogP contribution in [0.3, 0.4) is 0 Å². The molecule has 0 aliphatic carbocycles. The summed E-state index contributed by atoms with van der Waals surface area (Å²) in [6.07, 6.45) is 6.36. The minimum Gasteiger partial charge on any atom is -0.359 e. The van der Waals surface area contributed by atoms with Crippen LogP contribution in [0.5, 0.6) is 0 Å². The Morgan fingerprint density at radius 2 is 1.97 bits per heavy atom. The van der Waals surface area contributed by atoms with Gasteiger partial charge in [-0.2, -0.15) is 0 Å². The van der Waals surface area contributed by atoms with Crippen LogP contribution in [0.1, 0.15) is 54.9 Å². The SMILES string of the molecule is CCc1cncc(-c2cn(-c3cc(C(=O)Nc4cc(C(C)(C)C)on4)ccc3C)nn2)c1. The highest BCUT2D eigenvalue weighted by molar-refractivity contribution is 6.04. The Hall–Kier alpha value is -3.81. The number of carbonyl (C=O) groups is 1. The van der Waals surface area contributed by atoms with E-state index in [0.29, 0.717) is 17.1 Å². The van der Waals surface area contributed by atoms with E-state index in [1.165, 1.54) is 0 Å². The van der Waals surface area contributed by atoms with E-state index < -0.39 is 0 Å². The number of pyridine rings is 1. The van der Waals surface area contributed by atoms with Crippen molar-refractivity contribution in [3.63, 3.8) is 0 Å². The molecule has 164 valence electrons. The highest BCUT2D eigenvalue weighted by atomic mass is 16.5. The van der Waals surface area contributed by atoms with Gasteiger partial charge in [0.15, 0.2) is 5.82 Å². The first-order valence-corrected chi connectivity index (χ1v) is 10.5. The zero-order valence-corrected chi connectivity index (χ0v) is 18.9. The Kier molecular flexibility index (Phi) is 5.61. The lowest BCUT2D eigenvalue weighted by Crippen LogP contribution is -2.13. The van der Waals surface area contributed by atoms with Crippen LogP contribution in [-0.4, -0.2) is 31.0 Å². The molecule has 0 bridgehead atoms. The van der Waals surface area contributed by atoms with Crippen molar-refractivity contribution in [3.05, 3.63) is 71.4 Å². The monoisotopic (exact) mass is 430 g/mol. The molecule has 0 saturated heterocycles. The fourth-order valence-electron chi connectivity index (χ4n) is 3.21. The maximum Gasteiger partial charge on any atom is 0.256 e. The Morgan fingerprint density at radius 3 is 2.69 bits per heavy atom. The highest BCUT2D eigenvalue weighted by Gasteiger charge is 2.21. The number of rotatable bonds is 5. The summed E-state index contributed by atoms with van der Waals surface area (Å²) >= 11 is 0. The van der Waals surface area contributed by atoms with E-state index in [9.17, 15) is 4.79 Å². The van der Waals surface area contributed by atoms with E-state index >= 15 is 0 Å². The third-order valence-electron chi connectivity index (χ3n) is 5.20. The summed E-state index contributed by atoms with van der Waals surface area (Å²) < 4.78 is 7.02. The summed E-state index contributed by atoms with van der Waals surface area (Å²) in [7, 11) is 0. The Labute approximate surface area is 186 Å². The van der Waals surface area contributed by atoms with E-state index in [2.05, 4.69) is 38.8 Å². The highest BCUT2D eigenvalue weighted by Crippen LogP contribution is 2.25. The van der Waals surface area contributed by atoms with Gasteiger partial charge in [-0.1, -0.05) is 44.1 Å². The molecular formula is C24H26N6O2. The van der Waals surface area contributed by atoms with Gasteiger partial charge in [-0.3, -0.25) is 9.78 Å². The number of nitrogens with one attached hydrogen (secondary N) is 1. The molecule has 0 atom stereocenters. The Bertz CT molecular complexity index is 1270. The molecule has 0 fully saturated rings. The van der Waals surface area contributed by atoms with Crippen LogP contribution in [0.15, 0.2) is 53.4 Å². The molecule has 0 spiro atoms. The van der Waals surface area contributed by atoms with E-state index in [-0.39, 0.29) is 11.3 Å². The maximum atomic E-state index is 12.8. The summed E-state index contributed by atoms with van der Waals surface area (Å²) in [5, 5.41) is 15.3. The average molecular weight is 431 g/mol. The van der Waals surface area contributed by atoms with Gasteiger partial charge in [-0.15, -0.1) is 5.10 Å². The van der Waals surface area contributed by atoms with Gasteiger partial charge in [0, 0.05) is 35.0 Å². The molecule has 32 heavy (non-hydrogen) atoms. The predicted molar refractivity (Wildman–Crippen MR) is 122 cm³/mol. The lowest BCUT2D eigenvalue weighted by molar-refractivity contribution is 0.102. The number of hydrogen-bond donors (Lipinski definition) is 1. The molecule has 0 saturated carbocycles. The summed E-state index contributed by atoms with van der Waals surface area (Å²) in [5.41, 5.74) is 4.79.